The molecule has 3 aromatic rings. The molecule has 2 aromatic carbocycles. The first-order valence-electron chi connectivity index (χ1n) is 6.29. The number of para-hydroxylation sites is 1. The van der Waals surface area contributed by atoms with E-state index in [2.05, 4.69) is 15.9 Å². The molecule has 0 radical (unpaired) electrons. The van der Waals surface area contributed by atoms with Crippen LogP contribution >= 0.6 is 15.9 Å². The maximum absolute atomic E-state index is 14.1. The Morgan fingerprint density at radius 3 is 2.67 bits per heavy atom. The van der Waals surface area contributed by atoms with Crippen LogP contribution in [-0.4, -0.2) is 5.11 Å². The molecular weight excluding hydrogens is 342 g/mol. The van der Waals surface area contributed by atoms with Gasteiger partial charge in [0.05, 0.1) is 10.0 Å². The number of furan rings is 1. The van der Waals surface area contributed by atoms with Gasteiger partial charge in [-0.15, -0.1) is 0 Å². The van der Waals surface area contributed by atoms with Gasteiger partial charge in [0.1, 0.15) is 29.1 Å². The van der Waals surface area contributed by atoms with E-state index in [0.717, 1.165) is 11.5 Å². The number of hydrogen-bond acceptors (Lipinski definition) is 2. The molecule has 21 heavy (non-hydrogen) atoms. The van der Waals surface area contributed by atoms with Crippen molar-refractivity contribution < 1.29 is 18.3 Å². The van der Waals surface area contributed by atoms with E-state index in [9.17, 15) is 13.9 Å². The van der Waals surface area contributed by atoms with E-state index >= 15 is 0 Å². The van der Waals surface area contributed by atoms with Gasteiger partial charge in [0.2, 0.25) is 0 Å². The Morgan fingerprint density at radius 2 is 1.95 bits per heavy atom. The lowest BCUT2D eigenvalue weighted by Crippen LogP contribution is -2.06. The maximum Gasteiger partial charge on any atom is 0.148 e. The fourth-order valence-corrected chi connectivity index (χ4v) is 2.72. The molecule has 0 bridgehead atoms. The van der Waals surface area contributed by atoms with Crippen molar-refractivity contribution in [3.63, 3.8) is 0 Å². The largest absolute Gasteiger partial charge is 0.457 e. The first kappa shape index (κ1) is 14.2. The molecular formula is C16H11BrF2O2. The third-order valence-electron chi connectivity index (χ3n) is 3.38. The molecule has 0 spiro atoms. The van der Waals surface area contributed by atoms with Crippen LogP contribution in [0, 0.1) is 18.6 Å². The highest BCUT2D eigenvalue weighted by Gasteiger charge is 2.24. The Balaban J connectivity index is 2.15. The second kappa shape index (κ2) is 5.24. The molecule has 1 heterocycles. The first-order valence-corrected chi connectivity index (χ1v) is 7.09. The van der Waals surface area contributed by atoms with Gasteiger partial charge in [0, 0.05) is 5.39 Å². The summed E-state index contributed by atoms with van der Waals surface area (Å²) in [5, 5.41) is 11.0. The summed E-state index contributed by atoms with van der Waals surface area (Å²) in [5.74, 6) is -1.47. The molecule has 0 amide bonds. The number of fused-ring (bicyclic) bond motifs is 1. The Hall–Kier alpha value is -1.72. The van der Waals surface area contributed by atoms with Crippen LogP contribution in [-0.2, 0) is 0 Å². The van der Waals surface area contributed by atoms with Crippen molar-refractivity contribution >= 4 is 26.9 Å². The topological polar surface area (TPSA) is 33.4 Å². The summed E-state index contributed by atoms with van der Waals surface area (Å²) in [7, 11) is 0. The highest BCUT2D eigenvalue weighted by Crippen LogP contribution is 2.34. The molecule has 0 saturated carbocycles. The van der Waals surface area contributed by atoms with Crippen molar-refractivity contribution in [2.24, 2.45) is 0 Å². The van der Waals surface area contributed by atoms with Crippen LogP contribution in [0.2, 0.25) is 0 Å². The fourth-order valence-electron chi connectivity index (χ4n) is 2.25. The highest BCUT2D eigenvalue weighted by atomic mass is 79.9. The van der Waals surface area contributed by atoms with Gasteiger partial charge < -0.3 is 9.52 Å². The summed E-state index contributed by atoms with van der Waals surface area (Å²) < 4.78 is 34.2. The van der Waals surface area contributed by atoms with Gasteiger partial charge in [0.15, 0.2) is 0 Å². The van der Waals surface area contributed by atoms with Crippen LogP contribution in [0.1, 0.15) is 23.0 Å². The standard InChI is InChI=1S/C16H11BrF2O2/c1-8-5-6-11(18)13(14(8)19)15(20)12-7-9-3-2-4-10(17)16(9)21-12/h2-7,15,20H,1H3. The summed E-state index contributed by atoms with van der Waals surface area (Å²) >= 11 is 3.33. The van der Waals surface area contributed by atoms with E-state index in [1.807, 2.05) is 6.07 Å². The van der Waals surface area contributed by atoms with Crippen molar-refractivity contribution in [2.75, 3.05) is 0 Å². The summed E-state index contributed by atoms with van der Waals surface area (Å²) in [5.41, 5.74) is 0.396. The van der Waals surface area contributed by atoms with E-state index in [-0.39, 0.29) is 11.3 Å². The van der Waals surface area contributed by atoms with Crippen molar-refractivity contribution in [1.29, 1.82) is 0 Å². The Labute approximate surface area is 128 Å². The van der Waals surface area contributed by atoms with Gasteiger partial charge in [0.25, 0.3) is 0 Å². The number of aliphatic hydroxyl groups is 1. The van der Waals surface area contributed by atoms with E-state index in [4.69, 9.17) is 4.42 Å². The van der Waals surface area contributed by atoms with Crippen molar-refractivity contribution in [1.82, 2.24) is 0 Å². The van der Waals surface area contributed by atoms with Crippen LogP contribution in [0.25, 0.3) is 11.0 Å². The summed E-state index contributed by atoms with van der Waals surface area (Å²) in [6.45, 7) is 1.51. The SMILES string of the molecule is Cc1ccc(F)c(C(O)c2cc3cccc(Br)c3o2)c1F. The zero-order valence-corrected chi connectivity index (χ0v) is 12.6. The van der Waals surface area contributed by atoms with Crippen LogP contribution in [0.15, 0.2) is 45.3 Å². The zero-order chi connectivity index (χ0) is 15.1. The monoisotopic (exact) mass is 352 g/mol. The highest BCUT2D eigenvalue weighted by molar-refractivity contribution is 9.10. The van der Waals surface area contributed by atoms with E-state index in [0.29, 0.717) is 10.1 Å². The van der Waals surface area contributed by atoms with Gasteiger partial charge in [-0.1, -0.05) is 18.2 Å². The molecule has 3 rings (SSSR count). The molecule has 0 saturated heterocycles. The minimum absolute atomic E-state index is 0.0975. The molecule has 1 aromatic heterocycles. The van der Waals surface area contributed by atoms with Crippen molar-refractivity contribution in [2.45, 2.75) is 13.0 Å². The number of aliphatic hydroxyl groups excluding tert-OH is 1. The second-order valence-electron chi connectivity index (χ2n) is 4.80. The number of halogens is 3. The molecule has 0 aliphatic rings. The average Bonchev–Trinajstić information content (AvgIpc) is 2.89. The lowest BCUT2D eigenvalue weighted by Gasteiger charge is -2.12. The molecule has 1 unspecified atom stereocenters. The van der Waals surface area contributed by atoms with Gasteiger partial charge in [-0.2, -0.15) is 0 Å². The van der Waals surface area contributed by atoms with Crippen molar-refractivity contribution in [3.05, 3.63) is 69.4 Å². The van der Waals surface area contributed by atoms with Gasteiger partial charge >= 0.3 is 0 Å². The predicted octanol–water partition coefficient (Wildman–Crippen LogP) is 4.86. The molecule has 5 heteroatoms. The molecule has 0 fully saturated rings. The molecule has 1 atom stereocenters. The van der Waals surface area contributed by atoms with Crippen LogP contribution in [0.3, 0.4) is 0 Å². The summed E-state index contributed by atoms with van der Waals surface area (Å²) in [6.07, 6.45) is -1.50. The van der Waals surface area contributed by atoms with Gasteiger partial charge in [-0.25, -0.2) is 8.78 Å². The third kappa shape index (κ3) is 2.36. The van der Waals surface area contributed by atoms with E-state index < -0.39 is 23.3 Å². The first-order chi connectivity index (χ1) is 9.99. The number of hydrogen-bond donors (Lipinski definition) is 1. The summed E-state index contributed by atoms with van der Waals surface area (Å²) in [4.78, 5) is 0. The zero-order valence-electron chi connectivity index (χ0n) is 11.0. The Bertz CT molecular complexity index is 827. The predicted molar refractivity (Wildman–Crippen MR) is 79.1 cm³/mol. The molecule has 0 aliphatic carbocycles. The fraction of sp³-hybridized carbons (Fsp3) is 0.125. The van der Waals surface area contributed by atoms with E-state index in [1.54, 1.807) is 18.2 Å². The number of benzene rings is 2. The number of rotatable bonds is 2. The molecule has 108 valence electrons. The van der Waals surface area contributed by atoms with Crippen molar-refractivity contribution in [3.8, 4) is 0 Å². The summed E-state index contributed by atoms with van der Waals surface area (Å²) in [6, 6.07) is 9.43. The van der Waals surface area contributed by atoms with E-state index in [1.165, 1.54) is 13.0 Å². The quantitative estimate of drug-likeness (QED) is 0.714. The van der Waals surface area contributed by atoms with Gasteiger partial charge in [-0.05, 0) is 46.6 Å². The Kier molecular flexibility index (Phi) is 3.55. The maximum atomic E-state index is 14.1. The smallest absolute Gasteiger partial charge is 0.148 e. The minimum atomic E-state index is -1.50. The Morgan fingerprint density at radius 1 is 1.19 bits per heavy atom. The molecule has 2 nitrogen and oxygen atoms in total. The minimum Gasteiger partial charge on any atom is -0.457 e. The second-order valence-corrected chi connectivity index (χ2v) is 5.66. The third-order valence-corrected chi connectivity index (χ3v) is 4.00. The van der Waals surface area contributed by atoms with Gasteiger partial charge in [-0.3, -0.25) is 0 Å². The molecule has 0 aliphatic heterocycles. The normalized spacial score (nSPS) is 12.8. The van der Waals surface area contributed by atoms with Crippen LogP contribution in [0.5, 0.6) is 0 Å². The average molecular weight is 353 g/mol. The lowest BCUT2D eigenvalue weighted by atomic mass is 10.0. The lowest BCUT2D eigenvalue weighted by molar-refractivity contribution is 0.182. The molecule has 1 N–H and O–H groups in total. The van der Waals surface area contributed by atoms with Crippen LogP contribution in [0.4, 0.5) is 8.78 Å². The number of aryl methyl sites for hydroxylation is 1. The van der Waals surface area contributed by atoms with Crippen LogP contribution < -0.4 is 0 Å².